The minimum absolute atomic E-state index is 0.0772. The molecule has 1 heterocycles. The summed E-state index contributed by atoms with van der Waals surface area (Å²) in [7, 11) is 0. The van der Waals surface area contributed by atoms with Gasteiger partial charge in [-0.2, -0.15) is 5.26 Å². The van der Waals surface area contributed by atoms with E-state index in [0.717, 1.165) is 21.8 Å². The first-order valence-electron chi connectivity index (χ1n) is 6.30. The van der Waals surface area contributed by atoms with E-state index in [2.05, 4.69) is 4.98 Å². The van der Waals surface area contributed by atoms with E-state index in [1.54, 1.807) is 0 Å². The van der Waals surface area contributed by atoms with E-state index < -0.39 is 0 Å². The Morgan fingerprint density at radius 3 is 2.80 bits per heavy atom. The third kappa shape index (κ3) is 2.10. The van der Waals surface area contributed by atoms with Crippen molar-refractivity contribution in [1.29, 1.82) is 5.26 Å². The summed E-state index contributed by atoms with van der Waals surface area (Å²) in [4.78, 5) is 14.7. The van der Waals surface area contributed by atoms with Gasteiger partial charge in [-0.05, 0) is 18.2 Å². The van der Waals surface area contributed by atoms with Crippen molar-refractivity contribution < 1.29 is 9.53 Å². The number of carbonyl (C=O) groups excluding carboxylic acids is 1. The molecular weight excluding hydrogens is 252 g/mol. The van der Waals surface area contributed by atoms with Crippen molar-refractivity contribution in [3.63, 3.8) is 0 Å². The van der Waals surface area contributed by atoms with Gasteiger partial charge in [-0.3, -0.25) is 4.79 Å². The predicted octanol–water partition coefficient (Wildman–Crippen LogP) is 3.18. The van der Waals surface area contributed by atoms with Gasteiger partial charge in [-0.15, -0.1) is 0 Å². The number of fused-ring (bicyclic) bond motifs is 3. The van der Waals surface area contributed by atoms with Crippen molar-refractivity contribution in [1.82, 2.24) is 4.98 Å². The van der Waals surface area contributed by atoms with Gasteiger partial charge in [0.05, 0.1) is 18.0 Å². The molecule has 3 rings (SSSR count). The number of nitrogens with one attached hydrogen (secondary N) is 1. The zero-order chi connectivity index (χ0) is 13.9. The van der Waals surface area contributed by atoms with Gasteiger partial charge in [0.2, 0.25) is 0 Å². The van der Waals surface area contributed by atoms with Crippen molar-refractivity contribution >= 4 is 27.6 Å². The molecule has 4 heteroatoms. The maximum atomic E-state index is 11.4. The number of hydrogen-bond donors (Lipinski definition) is 1. The second-order valence-electron chi connectivity index (χ2n) is 4.51. The molecule has 1 aromatic heterocycles. The number of aromatic amines is 1. The third-order valence-electron chi connectivity index (χ3n) is 3.16. The fourth-order valence-corrected chi connectivity index (χ4v) is 2.29. The third-order valence-corrected chi connectivity index (χ3v) is 3.16. The number of ether oxygens (including phenoxy) is 1. The van der Waals surface area contributed by atoms with E-state index in [4.69, 9.17) is 10.00 Å². The van der Waals surface area contributed by atoms with Crippen LogP contribution < -0.4 is 4.74 Å². The second kappa shape index (κ2) is 5.06. The zero-order valence-corrected chi connectivity index (χ0v) is 10.7. The maximum Gasteiger partial charge on any atom is 0.184 e. The van der Waals surface area contributed by atoms with Crippen molar-refractivity contribution in [2.45, 2.75) is 6.42 Å². The highest BCUT2D eigenvalue weighted by molar-refractivity contribution is 6.10. The summed E-state index contributed by atoms with van der Waals surface area (Å²) >= 11 is 0. The highest BCUT2D eigenvalue weighted by Crippen LogP contribution is 2.32. The molecule has 2 aromatic carbocycles. The number of Topliss-reactive ketones (excluding diaryl/α,β-unsaturated/α-hetero) is 1. The smallest absolute Gasteiger partial charge is 0.184 e. The Morgan fingerprint density at radius 1 is 1.15 bits per heavy atom. The molecule has 0 fully saturated rings. The molecule has 3 aromatic rings. The Labute approximate surface area is 115 Å². The lowest BCUT2D eigenvalue weighted by atomic mass is 10.1. The summed E-state index contributed by atoms with van der Waals surface area (Å²) in [5.74, 6) is 0.440. The van der Waals surface area contributed by atoms with Gasteiger partial charge in [-0.1, -0.05) is 24.3 Å². The topological polar surface area (TPSA) is 65.9 Å². The van der Waals surface area contributed by atoms with Gasteiger partial charge in [-0.25, -0.2) is 0 Å². The second-order valence-corrected chi connectivity index (χ2v) is 4.51. The molecule has 1 N–H and O–H groups in total. The van der Waals surface area contributed by atoms with Crippen LogP contribution in [0.4, 0.5) is 0 Å². The van der Waals surface area contributed by atoms with Crippen LogP contribution in [0.5, 0.6) is 5.75 Å². The van der Waals surface area contributed by atoms with Crippen LogP contribution in [0.1, 0.15) is 6.42 Å². The van der Waals surface area contributed by atoms with Gasteiger partial charge in [0, 0.05) is 16.3 Å². The maximum absolute atomic E-state index is 11.4. The van der Waals surface area contributed by atoms with Crippen LogP contribution in [0.3, 0.4) is 0 Å². The molecule has 0 saturated carbocycles. The van der Waals surface area contributed by atoms with Crippen molar-refractivity contribution in [3.05, 3.63) is 42.5 Å². The number of hydrogen-bond acceptors (Lipinski definition) is 3. The number of ketones is 1. The normalized spacial score (nSPS) is 10.6. The number of carbonyl (C=O) groups is 1. The minimum atomic E-state index is -0.218. The average molecular weight is 264 g/mol. The number of H-pyrrole nitrogens is 1. The minimum Gasteiger partial charge on any atom is -0.485 e. The van der Waals surface area contributed by atoms with Gasteiger partial charge >= 0.3 is 0 Å². The van der Waals surface area contributed by atoms with E-state index in [0.29, 0.717) is 5.75 Å². The highest BCUT2D eigenvalue weighted by atomic mass is 16.5. The molecule has 0 bridgehead atoms. The standard InChI is InChI=1S/C16H12N2O2/c17-9-8-11(19)10-20-15-7-3-6-14-16(15)12-4-1-2-5-13(12)18-14/h1-7,18H,8,10H2. The Balaban J connectivity index is 2.02. The number of para-hydroxylation sites is 1. The lowest BCUT2D eigenvalue weighted by Crippen LogP contribution is -2.10. The summed E-state index contributed by atoms with van der Waals surface area (Å²) in [6.45, 7) is -0.0772. The summed E-state index contributed by atoms with van der Waals surface area (Å²) in [6, 6.07) is 15.5. The molecule has 0 unspecified atom stereocenters. The molecule has 0 aliphatic carbocycles. The summed E-state index contributed by atoms with van der Waals surface area (Å²) in [5.41, 5.74) is 2.00. The van der Waals surface area contributed by atoms with Crippen LogP contribution in [-0.2, 0) is 4.79 Å². The van der Waals surface area contributed by atoms with E-state index in [9.17, 15) is 4.79 Å². The molecule has 0 spiro atoms. The van der Waals surface area contributed by atoms with E-state index in [1.807, 2.05) is 48.5 Å². The lowest BCUT2D eigenvalue weighted by Gasteiger charge is -2.06. The van der Waals surface area contributed by atoms with Crippen LogP contribution in [0.25, 0.3) is 21.8 Å². The molecule has 0 radical (unpaired) electrons. The molecule has 4 nitrogen and oxygen atoms in total. The largest absolute Gasteiger partial charge is 0.485 e. The molecule has 0 atom stereocenters. The zero-order valence-electron chi connectivity index (χ0n) is 10.7. The Kier molecular flexibility index (Phi) is 3.10. The van der Waals surface area contributed by atoms with Crippen LogP contribution >= 0.6 is 0 Å². The number of rotatable bonds is 4. The fourth-order valence-electron chi connectivity index (χ4n) is 2.29. The monoisotopic (exact) mass is 264 g/mol. The average Bonchev–Trinajstić information content (AvgIpc) is 2.84. The van der Waals surface area contributed by atoms with Crippen LogP contribution in [-0.4, -0.2) is 17.4 Å². The predicted molar refractivity (Wildman–Crippen MR) is 76.5 cm³/mol. The van der Waals surface area contributed by atoms with Crippen LogP contribution in [0.2, 0.25) is 0 Å². The summed E-state index contributed by atoms with van der Waals surface area (Å²) in [5, 5.41) is 10.5. The van der Waals surface area contributed by atoms with Gasteiger partial charge in [0.25, 0.3) is 0 Å². The Bertz CT molecular complexity index is 827. The number of aromatic nitrogens is 1. The summed E-state index contributed by atoms with van der Waals surface area (Å²) in [6.07, 6.45) is -0.121. The molecule has 0 amide bonds. The van der Waals surface area contributed by atoms with Crippen molar-refractivity contribution in [3.8, 4) is 11.8 Å². The SMILES string of the molecule is N#CCC(=O)COc1cccc2[nH]c3ccccc3c12. The van der Waals surface area contributed by atoms with Crippen molar-refractivity contribution in [2.24, 2.45) is 0 Å². The molecule has 0 saturated heterocycles. The first kappa shape index (κ1) is 12.2. The van der Waals surface area contributed by atoms with E-state index in [1.165, 1.54) is 0 Å². The highest BCUT2D eigenvalue weighted by Gasteiger charge is 2.10. The fraction of sp³-hybridized carbons (Fsp3) is 0.125. The van der Waals surface area contributed by atoms with E-state index >= 15 is 0 Å². The van der Waals surface area contributed by atoms with Gasteiger partial charge < -0.3 is 9.72 Å². The number of benzene rings is 2. The van der Waals surface area contributed by atoms with E-state index in [-0.39, 0.29) is 18.8 Å². The van der Waals surface area contributed by atoms with Gasteiger partial charge in [0.1, 0.15) is 12.4 Å². The van der Waals surface area contributed by atoms with Gasteiger partial charge in [0.15, 0.2) is 5.78 Å². The first-order valence-corrected chi connectivity index (χ1v) is 6.30. The van der Waals surface area contributed by atoms with Crippen LogP contribution in [0.15, 0.2) is 42.5 Å². The molecular formula is C16H12N2O2. The quantitative estimate of drug-likeness (QED) is 0.787. The Morgan fingerprint density at radius 2 is 1.95 bits per heavy atom. The Hall–Kier alpha value is -2.80. The first-order chi connectivity index (χ1) is 9.79. The molecule has 0 aliphatic rings. The van der Waals surface area contributed by atoms with Crippen molar-refractivity contribution in [2.75, 3.05) is 6.61 Å². The molecule has 98 valence electrons. The van der Waals surface area contributed by atoms with Crippen LogP contribution in [0, 0.1) is 11.3 Å². The number of nitriles is 1. The lowest BCUT2D eigenvalue weighted by molar-refractivity contribution is -0.120. The summed E-state index contributed by atoms with van der Waals surface area (Å²) < 4.78 is 5.58. The molecule has 0 aliphatic heterocycles. The molecule has 20 heavy (non-hydrogen) atoms. The number of nitrogens with zero attached hydrogens (tertiary/aromatic N) is 1.